The number of alkyl halides is 9. The summed E-state index contributed by atoms with van der Waals surface area (Å²) in [4.78, 5) is 0. The first kappa shape index (κ1) is 17.1. The Kier molecular flexibility index (Phi) is 4.18. The molecule has 10 heteroatoms. The van der Waals surface area contributed by atoms with E-state index in [9.17, 15) is 39.5 Å². The van der Waals surface area contributed by atoms with Crippen LogP contribution in [0.2, 0.25) is 0 Å². The van der Waals surface area contributed by atoms with Crippen molar-refractivity contribution in [2.24, 2.45) is 0 Å². The third kappa shape index (κ3) is 3.59. The Hall–Kier alpha value is -1.92. The van der Waals surface area contributed by atoms with Crippen LogP contribution >= 0.6 is 0 Å². The molecule has 0 radical (unpaired) electrons. The van der Waals surface area contributed by atoms with Gasteiger partial charge in [-0.15, -0.1) is 0 Å². The van der Waals surface area contributed by atoms with E-state index in [2.05, 4.69) is 0 Å². The zero-order valence-corrected chi connectivity index (χ0v) is 9.71. The third-order valence-electron chi connectivity index (χ3n) is 2.46. The molecule has 0 unspecified atom stereocenters. The van der Waals surface area contributed by atoms with Crippen molar-refractivity contribution in [3.63, 3.8) is 0 Å². The van der Waals surface area contributed by atoms with Crippen LogP contribution in [0.25, 0.3) is 0 Å². The molecule has 1 nitrogen and oxygen atoms in total. The molecule has 1 rings (SSSR count). The predicted octanol–water partition coefficient (Wildman–Crippen LogP) is 4.81. The lowest BCUT2D eigenvalue weighted by molar-refractivity contribution is -0.164. The van der Waals surface area contributed by atoms with Crippen molar-refractivity contribution in [1.82, 2.24) is 0 Å². The van der Waals surface area contributed by atoms with Crippen LogP contribution in [0.1, 0.15) is 22.3 Å². The Bertz CT molecular complexity index is 572. The van der Waals surface area contributed by atoms with E-state index >= 15 is 0 Å². The third-order valence-corrected chi connectivity index (χ3v) is 2.46. The number of rotatable bonds is 1. The van der Waals surface area contributed by atoms with Gasteiger partial charge in [-0.3, -0.25) is 0 Å². The SMILES string of the molecule is N#CCc1c(C(F)(F)F)ccc(C(F)(F)F)c1C(F)(F)F. The highest BCUT2D eigenvalue weighted by Gasteiger charge is 2.47. The summed E-state index contributed by atoms with van der Waals surface area (Å²) >= 11 is 0. The van der Waals surface area contributed by atoms with Gasteiger partial charge in [-0.25, -0.2) is 0 Å². The molecule has 0 heterocycles. The van der Waals surface area contributed by atoms with Crippen LogP contribution in [0.15, 0.2) is 12.1 Å². The highest BCUT2D eigenvalue weighted by atomic mass is 19.4. The van der Waals surface area contributed by atoms with E-state index < -0.39 is 47.2 Å². The van der Waals surface area contributed by atoms with E-state index in [4.69, 9.17) is 5.26 Å². The molecule has 116 valence electrons. The largest absolute Gasteiger partial charge is 0.417 e. The average Bonchev–Trinajstić information content (AvgIpc) is 2.24. The Morgan fingerprint density at radius 3 is 1.52 bits per heavy atom. The van der Waals surface area contributed by atoms with E-state index in [-0.39, 0.29) is 12.1 Å². The van der Waals surface area contributed by atoms with Gasteiger partial charge in [0.15, 0.2) is 0 Å². The lowest BCUT2D eigenvalue weighted by Gasteiger charge is -2.21. The molecule has 0 aliphatic carbocycles. The zero-order chi connectivity index (χ0) is 16.6. The maximum Gasteiger partial charge on any atom is 0.417 e. The number of benzene rings is 1. The van der Waals surface area contributed by atoms with E-state index in [1.807, 2.05) is 0 Å². The molecule has 0 spiro atoms. The fraction of sp³-hybridized carbons (Fsp3) is 0.364. The molecule has 0 amide bonds. The lowest BCUT2D eigenvalue weighted by Crippen LogP contribution is -2.22. The lowest BCUT2D eigenvalue weighted by atomic mass is 9.93. The molecular formula is C11H4F9N. The highest BCUT2D eigenvalue weighted by Crippen LogP contribution is 2.45. The van der Waals surface area contributed by atoms with E-state index in [0.29, 0.717) is 0 Å². The van der Waals surface area contributed by atoms with Crippen molar-refractivity contribution in [2.75, 3.05) is 0 Å². The summed E-state index contributed by atoms with van der Waals surface area (Å²) in [5.74, 6) is 0. The Balaban J connectivity index is 3.85. The van der Waals surface area contributed by atoms with Gasteiger partial charge in [0.1, 0.15) is 0 Å². The van der Waals surface area contributed by atoms with Gasteiger partial charge in [0.2, 0.25) is 0 Å². The number of nitrogens with zero attached hydrogens (tertiary/aromatic N) is 1. The minimum atomic E-state index is -5.68. The van der Waals surface area contributed by atoms with E-state index in [0.717, 1.165) is 6.07 Å². The highest BCUT2D eigenvalue weighted by molar-refractivity contribution is 5.46. The molecule has 0 aromatic heterocycles. The van der Waals surface area contributed by atoms with Gasteiger partial charge in [0, 0.05) is 0 Å². The maximum absolute atomic E-state index is 12.8. The molecular weight excluding hydrogens is 317 g/mol. The van der Waals surface area contributed by atoms with Crippen molar-refractivity contribution in [3.8, 4) is 6.07 Å². The van der Waals surface area contributed by atoms with Gasteiger partial charge >= 0.3 is 18.5 Å². The molecule has 0 N–H and O–H groups in total. The van der Waals surface area contributed by atoms with Gasteiger partial charge < -0.3 is 0 Å². The van der Waals surface area contributed by atoms with Crippen molar-refractivity contribution < 1.29 is 39.5 Å². The summed E-state index contributed by atoms with van der Waals surface area (Å²) in [5, 5.41) is 8.33. The number of halogens is 9. The van der Waals surface area contributed by atoms with Crippen molar-refractivity contribution in [3.05, 3.63) is 34.4 Å². The molecule has 0 bridgehead atoms. The maximum atomic E-state index is 12.8. The minimum Gasteiger partial charge on any atom is -0.198 e. The summed E-state index contributed by atoms with van der Waals surface area (Å²) in [5.41, 5.74) is -8.38. The predicted molar refractivity (Wildman–Crippen MR) is 50.8 cm³/mol. The Morgan fingerprint density at radius 2 is 1.19 bits per heavy atom. The summed E-state index contributed by atoms with van der Waals surface area (Å²) in [6.45, 7) is 0. The van der Waals surface area contributed by atoms with Gasteiger partial charge in [-0.1, -0.05) is 0 Å². The summed E-state index contributed by atoms with van der Waals surface area (Å²) in [6, 6.07) is 0.629. The average molecular weight is 321 g/mol. The standard InChI is InChI=1S/C11H4F9N/c12-9(13,14)6-1-2-7(10(15,16)17)8(11(18,19)20)5(6)3-4-21/h1-2H,3H2. The quantitative estimate of drug-likeness (QED) is 0.681. The van der Waals surface area contributed by atoms with E-state index in [1.165, 1.54) is 0 Å². The smallest absolute Gasteiger partial charge is 0.198 e. The van der Waals surface area contributed by atoms with Crippen LogP contribution in [-0.2, 0) is 24.9 Å². The van der Waals surface area contributed by atoms with E-state index in [1.54, 1.807) is 0 Å². The molecule has 0 aliphatic rings. The Labute approximate surface area is 111 Å². The van der Waals surface area contributed by atoms with Gasteiger partial charge in [0.05, 0.1) is 29.2 Å². The summed E-state index contributed by atoms with van der Waals surface area (Å²) in [7, 11) is 0. The fourth-order valence-corrected chi connectivity index (χ4v) is 1.74. The van der Waals surface area contributed by atoms with Crippen molar-refractivity contribution >= 4 is 0 Å². The Morgan fingerprint density at radius 1 is 0.762 bits per heavy atom. The van der Waals surface area contributed by atoms with Crippen molar-refractivity contribution in [1.29, 1.82) is 5.26 Å². The second kappa shape index (κ2) is 5.13. The number of hydrogen-bond acceptors (Lipinski definition) is 1. The molecule has 0 atom stereocenters. The van der Waals surface area contributed by atoms with Crippen LogP contribution in [0.4, 0.5) is 39.5 Å². The number of nitriles is 1. The first-order valence-corrected chi connectivity index (χ1v) is 5.04. The molecule has 1 aromatic carbocycles. The minimum absolute atomic E-state index is 0.106. The molecule has 0 saturated carbocycles. The van der Waals surface area contributed by atoms with Gasteiger partial charge in [-0.05, 0) is 17.7 Å². The number of hydrogen-bond donors (Lipinski definition) is 0. The fourth-order valence-electron chi connectivity index (χ4n) is 1.74. The molecule has 21 heavy (non-hydrogen) atoms. The molecule has 0 fully saturated rings. The molecule has 1 aromatic rings. The van der Waals surface area contributed by atoms with Crippen LogP contribution in [0.3, 0.4) is 0 Å². The van der Waals surface area contributed by atoms with Gasteiger partial charge in [0.25, 0.3) is 0 Å². The first-order chi connectivity index (χ1) is 9.30. The summed E-state index contributed by atoms with van der Waals surface area (Å²) < 4.78 is 114. The topological polar surface area (TPSA) is 23.8 Å². The van der Waals surface area contributed by atoms with Crippen LogP contribution in [0.5, 0.6) is 0 Å². The normalized spacial score (nSPS) is 13.1. The monoisotopic (exact) mass is 321 g/mol. The zero-order valence-electron chi connectivity index (χ0n) is 9.71. The van der Waals surface area contributed by atoms with Crippen LogP contribution in [-0.4, -0.2) is 0 Å². The molecule has 0 aliphatic heterocycles. The van der Waals surface area contributed by atoms with Crippen molar-refractivity contribution in [2.45, 2.75) is 24.9 Å². The van der Waals surface area contributed by atoms with Gasteiger partial charge in [-0.2, -0.15) is 44.8 Å². The molecule has 0 saturated heterocycles. The van der Waals surface area contributed by atoms with Crippen LogP contribution < -0.4 is 0 Å². The first-order valence-electron chi connectivity index (χ1n) is 5.04. The summed E-state index contributed by atoms with van der Waals surface area (Å²) in [6.07, 6.45) is -17.9. The van der Waals surface area contributed by atoms with Crippen LogP contribution in [0, 0.1) is 11.3 Å². The second-order valence-electron chi connectivity index (χ2n) is 3.84. The second-order valence-corrected chi connectivity index (χ2v) is 3.84.